The van der Waals surface area contributed by atoms with Crippen LogP contribution in [-0.2, 0) is 0 Å². The Kier molecular flexibility index (Phi) is 5.12. The van der Waals surface area contributed by atoms with Crippen LogP contribution in [0.15, 0.2) is 18.2 Å². The predicted octanol–water partition coefficient (Wildman–Crippen LogP) is 2.05. The standard InChI is InChI=1S/C13H22N2O/c1-11-6-7-13(16-4)12(10-11)15(3)9-5-8-14-2/h6-7,10,14H,5,8-9H2,1-4H3. The van der Waals surface area contributed by atoms with E-state index in [2.05, 4.69) is 36.3 Å². The summed E-state index contributed by atoms with van der Waals surface area (Å²) in [6.45, 7) is 4.17. The number of aryl methyl sites for hydroxylation is 1. The molecule has 0 amide bonds. The van der Waals surface area contributed by atoms with E-state index >= 15 is 0 Å². The highest BCUT2D eigenvalue weighted by Gasteiger charge is 2.07. The van der Waals surface area contributed by atoms with Crippen LogP contribution in [0, 0.1) is 6.92 Å². The summed E-state index contributed by atoms with van der Waals surface area (Å²) in [6.07, 6.45) is 1.13. The summed E-state index contributed by atoms with van der Waals surface area (Å²) in [5.74, 6) is 0.942. The van der Waals surface area contributed by atoms with E-state index in [0.29, 0.717) is 0 Å². The molecule has 0 heterocycles. The second-order valence-corrected chi connectivity index (χ2v) is 4.05. The molecule has 0 unspecified atom stereocenters. The number of hydrogen-bond donors (Lipinski definition) is 1. The Morgan fingerprint density at radius 2 is 2.12 bits per heavy atom. The van der Waals surface area contributed by atoms with Crippen LogP contribution in [-0.4, -0.2) is 34.3 Å². The monoisotopic (exact) mass is 222 g/mol. The van der Waals surface area contributed by atoms with E-state index in [1.165, 1.54) is 11.3 Å². The second kappa shape index (κ2) is 6.38. The van der Waals surface area contributed by atoms with Crippen molar-refractivity contribution in [3.8, 4) is 5.75 Å². The first-order valence-corrected chi connectivity index (χ1v) is 5.69. The quantitative estimate of drug-likeness (QED) is 0.746. The van der Waals surface area contributed by atoms with Gasteiger partial charge in [-0.3, -0.25) is 0 Å². The van der Waals surface area contributed by atoms with Gasteiger partial charge in [-0.1, -0.05) is 6.07 Å². The van der Waals surface area contributed by atoms with Crippen molar-refractivity contribution >= 4 is 5.69 Å². The Bertz CT molecular complexity index is 326. The molecule has 0 aliphatic rings. The van der Waals surface area contributed by atoms with Crippen molar-refractivity contribution < 1.29 is 4.74 Å². The first kappa shape index (κ1) is 12.8. The van der Waals surface area contributed by atoms with Crippen LogP contribution < -0.4 is 15.0 Å². The number of ether oxygens (including phenoxy) is 1. The van der Waals surface area contributed by atoms with Crippen molar-refractivity contribution in [1.29, 1.82) is 0 Å². The molecule has 0 radical (unpaired) electrons. The molecule has 0 bridgehead atoms. The summed E-state index contributed by atoms with van der Waals surface area (Å²) in [6, 6.07) is 6.27. The maximum atomic E-state index is 5.37. The lowest BCUT2D eigenvalue weighted by atomic mass is 10.2. The molecule has 1 aromatic carbocycles. The minimum atomic E-state index is 0.942. The van der Waals surface area contributed by atoms with Crippen molar-refractivity contribution in [3.63, 3.8) is 0 Å². The maximum Gasteiger partial charge on any atom is 0.142 e. The Balaban J connectivity index is 2.72. The van der Waals surface area contributed by atoms with Gasteiger partial charge in [0.1, 0.15) is 5.75 Å². The fourth-order valence-electron chi connectivity index (χ4n) is 1.71. The van der Waals surface area contributed by atoms with E-state index in [4.69, 9.17) is 4.74 Å². The number of rotatable bonds is 6. The number of nitrogens with one attached hydrogen (secondary N) is 1. The lowest BCUT2D eigenvalue weighted by Gasteiger charge is -2.22. The zero-order valence-corrected chi connectivity index (χ0v) is 10.7. The first-order chi connectivity index (χ1) is 7.69. The Morgan fingerprint density at radius 1 is 1.38 bits per heavy atom. The third kappa shape index (κ3) is 3.42. The average Bonchev–Trinajstić information content (AvgIpc) is 2.29. The van der Waals surface area contributed by atoms with E-state index in [1.807, 2.05) is 13.1 Å². The molecule has 3 nitrogen and oxygen atoms in total. The molecule has 0 aliphatic heterocycles. The highest BCUT2D eigenvalue weighted by molar-refractivity contribution is 5.59. The molecule has 0 fully saturated rings. The number of benzene rings is 1. The van der Waals surface area contributed by atoms with Crippen LogP contribution in [0.2, 0.25) is 0 Å². The molecule has 1 rings (SSSR count). The van der Waals surface area contributed by atoms with Crippen molar-refractivity contribution in [2.24, 2.45) is 0 Å². The normalized spacial score (nSPS) is 10.2. The van der Waals surface area contributed by atoms with E-state index < -0.39 is 0 Å². The summed E-state index contributed by atoms with van der Waals surface area (Å²) in [7, 11) is 5.80. The van der Waals surface area contributed by atoms with E-state index in [9.17, 15) is 0 Å². The number of methoxy groups -OCH3 is 1. The molecule has 1 N–H and O–H groups in total. The van der Waals surface area contributed by atoms with Crippen molar-refractivity contribution in [3.05, 3.63) is 23.8 Å². The molecule has 90 valence electrons. The summed E-state index contributed by atoms with van der Waals surface area (Å²) in [5, 5.41) is 3.16. The van der Waals surface area contributed by atoms with Crippen molar-refractivity contribution in [1.82, 2.24) is 5.32 Å². The SMILES string of the molecule is CNCCCN(C)c1cc(C)ccc1OC. The highest BCUT2D eigenvalue weighted by Crippen LogP contribution is 2.28. The average molecular weight is 222 g/mol. The van der Waals surface area contributed by atoms with Gasteiger partial charge in [0.2, 0.25) is 0 Å². The summed E-state index contributed by atoms with van der Waals surface area (Å²) in [4.78, 5) is 2.24. The van der Waals surface area contributed by atoms with Crippen molar-refractivity contribution in [2.75, 3.05) is 39.2 Å². The molecule has 0 spiro atoms. The van der Waals surface area contributed by atoms with Crippen LogP contribution in [0.5, 0.6) is 5.75 Å². The van der Waals surface area contributed by atoms with E-state index in [-0.39, 0.29) is 0 Å². The minimum Gasteiger partial charge on any atom is -0.495 e. The maximum absolute atomic E-state index is 5.37. The zero-order chi connectivity index (χ0) is 12.0. The topological polar surface area (TPSA) is 24.5 Å². The van der Waals surface area contributed by atoms with Gasteiger partial charge in [-0.15, -0.1) is 0 Å². The molecule has 0 saturated heterocycles. The minimum absolute atomic E-state index is 0.942. The fourth-order valence-corrected chi connectivity index (χ4v) is 1.71. The predicted molar refractivity (Wildman–Crippen MR) is 69.5 cm³/mol. The van der Waals surface area contributed by atoms with Crippen LogP contribution in [0.25, 0.3) is 0 Å². The molecule has 1 aromatic rings. The lowest BCUT2D eigenvalue weighted by Crippen LogP contribution is -2.22. The van der Waals surface area contributed by atoms with Gasteiger partial charge in [0.25, 0.3) is 0 Å². The largest absolute Gasteiger partial charge is 0.495 e. The number of nitrogens with zero attached hydrogens (tertiary/aromatic N) is 1. The van der Waals surface area contributed by atoms with Gasteiger partial charge in [0, 0.05) is 13.6 Å². The zero-order valence-electron chi connectivity index (χ0n) is 10.7. The van der Waals surface area contributed by atoms with Gasteiger partial charge in [-0.2, -0.15) is 0 Å². The highest BCUT2D eigenvalue weighted by atomic mass is 16.5. The number of anilines is 1. The van der Waals surface area contributed by atoms with Crippen LogP contribution in [0.3, 0.4) is 0 Å². The Morgan fingerprint density at radius 3 is 2.75 bits per heavy atom. The molecule has 0 atom stereocenters. The molecular weight excluding hydrogens is 200 g/mol. The van der Waals surface area contributed by atoms with Gasteiger partial charge < -0.3 is 15.0 Å². The van der Waals surface area contributed by atoms with E-state index in [0.717, 1.165) is 25.3 Å². The van der Waals surface area contributed by atoms with Gasteiger partial charge in [0.05, 0.1) is 12.8 Å². The van der Waals surface area contributed by atoms with Gasteiger partial charge >= 0.3 is 0 Å². The fraction of sp³-hybridized carbons (Fsp3) is 0.538. The lowest BCUT2D eigenvalue weighted by molar-refractivity contribution is 0.414. The van der Waals surface area contributed by atoms with Gasteiger partial charge in [-0.05, 0) is 44.6 Å². The van der Waals surface area contributed by atoms with E-state index in [1.54, 1.807) is 7.11 Å². The van der Waals surface area contributed by atoms with Crippen LogP contribution in [0.1, 0.15) is 12.0 Å². The number of hydrogen-bond acceptors (Lipinski definition) is 3. The third-order valence-electron chi connectivity index (χ3n) is 2.67. The van der Waals surface area contributed by atoms with Gasteiger partial charge in [-0.25, -0.2) is 0 Å². The summed E-state index contributed by atoms with van der Waals surface area (Å²) < 4.78 is 5.37. The molecule has 16 heavy (non-hydrogen) atoms. The second-order valence-electron chi connectivity index (χ2n) is 4.05. The first-order valence-electron chi connectivity index (χ1n) is 5.69. The molecular formula is C13H22N2O. The molecule has 3 heteroatoms. The van der Waals surface area contributed by atoms with Crippen LogP contribution in [0.4, 0.5) is 5.69 Å². The smallest absolute Gasteiger partial charge is 0.142 e. The van der Waals surface area contributed by atoms with Crippen molar-refractivity contribution in [2.45, 2.75) is 13.3 Å². The summed E-state index contributed by atoms with van der Waals surface area (Å²) >= 11 is 0. The molecule has 0 saturated carbocycles. The Hall–Kier alpha value is -1.22. The van der Waals surface area contributed by atoms with Crippen LogP contribution >= 0.6 is 0 Å². The molecule has 0 aliphatic carbocycles. The third-order valence-corrected chi connectivity index (χ3v) is 2.67. The Labute approximate surface area is 98.4 Å². The van der Waals surface area contributed by atoms with Gasteiger partial charge in [0.15, 0.2) is 0 Å². The summed E-state index contributed by atoms with van der Waals surface area (Å²) in [5.41, 5.74) is 2.43. The molecule has 0 aromatic heterocycles.